The second-order valence-electron chi connectivity index (χ2n) is 4.92. The number of amides is 1. The third-order valence-electron chi connectivity index (χ3n) is 3.39. The molecule has 0 radical (unpaired) electrons. The van der Waals surface area contributed by atoms with Gasteiger partial charge in [-0.1, -0.05) is 18.7 Å². The normalized spacial score (nSPS) is 17.4. The largest absolute Gasteiger partial charge is 0.490 e. The van der Waals surface area contributed by atoms with Crippen molar-refractivity contribution >= 4 is 11.5 Å². The number of carbonyl (C=O) groups is 1. The summed E-state index contributed by atoms with van der Waals surface area (Å²) in [5.41, 5.74) is 4.69. The summed E-state index contributed by atoms with van der Waals surface area (Å²) in [4.78, 5) is 11.0. The van der Waals surface area contributed by atoms with Crippen molar-refractivity contribution in [1.82, 2.24) is 0 Å². The van der Waals surface area contributed by atoms with Gasteiger partial charge in [0.15, 0.2) is 0 Å². The third-order valence-corrected chi connectivity index (χ3v) is 3.39. The van der Waals surface area contributed by atoms with Crippen molar-refractivity contribution < 1.29 is 18.7 Å². The monoisotopic (exact) mass is 279 g/mol. The van der Waals surface area contributed by atoms with E-state index in [-0.39, 0.29) is 12.2 Å². The Morgan fingerprint density at radius 2 is 1.95 bits per heavy atom. The third kappa shape index (κ3) is 3.57. The summed E-state index contributed by atoms with van der Waals surface area (Å²) in [6.07, 6.45) is 0.702. The first kappa shape index (κ1) is 14.5. The lowest BCUT2D eigenvalue weighted by Gasteiger charge is -2.29. The van der Waals surface area contributed by atoms with E-state index in [4.69, 9.17) is 15.2 Å². The van der Waals surface area contributed by atoms with Gasteiger partial charge in [0, 0.05) is 31.6 Å². The van der Waals surface area contributed by atoms with E-state index in [1.165, 1.54) is 0 Å². The molecule has 0 bridgehead atoms. The van der Waals surface area contributed by atoms with Crippen molar-refractivity contribution in [3.63, 3.8) is 0 Å². The molecule has 1 aromatic rings. The van der Waals surface area contributed by atoms with Crippen molar-refractivity contribution in [3.05, 3.63) is 36.4 Å². The molecule has 1 saturated heterocycles. The van der Waals surface area contributed by atoms with Gasteiger partial charge >= 0.3 is 0 Å². The fraction of sp³-hybridized carbons (Fsp3) is 0.400. The van der Waals surface area contributed by atoms with Gasteiger partial charge in [0.1, 0.15) is 18.0 Å². The molecule has 108 valence electrons. The van der Waals surface area contributed by atoms with Crippen LogP contribution >= 0.6 is 0 Å². The minimum absolute atomic E-state index is 0.00642. The molecule has 20 heavy (non-hydrogen) atoms. The molecule has 1 aliphatic heterocycles. The van der Waals surface area contributed by atoms with Crippen LogP contribution in [0.5, 0.6) is 5.75 Å². The van der Waals surface area contributed by atoms with E-state index in [0.717, 1.165) is 0 Å². The zero-order valence-electron chi connectivity index (χ0n) is 11.2. The van der Waals surface area contributed by atoms with E-state index in [1.54, 1.807) is 24.3 Å². The van der Waals surface area contributed by atoms with Crippen molar-refractivity contribution in [1.29, 1.82) is 0 Å². The van der Waals surface area contributed by atoms with Crippen LogP contribution in [0.25, 0.3) is 5.57 Å². The lowest BCUT2D eigenvalue weighted by atomic mass is 9.98. The second kappa shape index (κ2) is 6.05. The Balaban J connectivity index is 1.94. The number of primary amides is 1. The molecule has 2 N–H and O–H groups in total. The Kier molecular flexibility index (Phi) is 4.39. The zero-order valence-corrected chi connectivity index (χ0v) is 11.2. The van der Waals surface area contributed by atoms with Gasteiger partial charge in [-0.25, -0.2) is 4.39 Å². The minimum atomic E-state index is -1.33. The van der Waals surface area contributed by atoms with Gasteiger partial charge in [0.2, 0.25) is 5.91 Å². The first-order chi connectivity index (χ1) is 9.50. The zero-order chi connectivity index (χ0) is 14.6. The summed E-state index contributed by atoms with van der Waals surface area (Å²) < 4.78 is 24.9. The summed E-state index contributed by atoms with van der Waals surface area (Å²) in [7, 11) is 0. The van der Waals surface area contributed by atoms with Crippen molar-refractivity contribution in [3.8, 4) is 5.75 Å². The minimum Gasteiger partial charge on any atom is -0.490 e. The summed E-state index contributed by atoms with van der Waals surface area (Å²) in [5.74, 6) is -0.0156. The standard InChI is InChI=1S/C15H18FNO3/c1-11(14(17)18)12-2-4-13(5-3-12)20-10-15(16)6-8-19-9-7-15/h2-5H,1,6-10H2,(H2,17,18). The molecular formula is C15H18FNO3. The van der Waals surface area contributed by atoms with Gasteiger partial charge in [-0.3, -0.25) is 4.79 Å². The Morgan fingerprint density at radius 3 is 2.50 bits per heavy atom. The maximum atomic E-state index is 14.3. The molecule has 0 aromatic heterocycles. The van der Waals surface area contributed by atoms with Crippen LogP contribution in [0.4, 0.5) is 4.39 Å². The number of carbonyl (C=O) groups excluding carboxylic acids is 1. The van der Waals surface area contributed by atoms with E-state index >= 15 is 0 Å². The highest BCUT2D eigenvalue weighted by molar-refractivity contribution is 6.17. The number of halogens is 1. The van der Waals surface area contributed by atoms with Crippen molar-refractivity contribution in [2.24, 2.45) is 5.73 Å². The number of ether oxygens (including phenoxy) is 2. The molecule has 0 saturated carbocycles. The fourth-order valence-corrected chi connectivity index (χ4v) is 1.99. The number of benzene rings is 1. The summed E-state index contributed by atoms with van der Waals surface area (Å²) in [6, 6.07) is 6.70. The molecule has 5 heteroatoms. The molecule has 0 unspecified atom stereocenters. The average molecular weight is 279 g/mol. The van der Waals surface area contributed by atoms with Crippen molar-refractivity contribution in [2.45, 2.75) is 18.5 Å². The molecule has 0 atom stereocenters. The maximum absolute atomic E-state index is 14.3. The lowest BCUT2D eigenvalue weighted by Crippen LogP contribution is -2.37. The van der Waals surface area contributed by atoms with Gasteiger partial charge in [-0.05, 0) is 17.7 Å². The predicted octanol–water partition coefficient (Wildman–Crippen LogP) is 2.08. The topological polar surface area (TPSA) is 61.6 Å². The SMILES string of the molecule is C=C(C(N)=O)c1ccc(OCC2(F)CCOCC2)cc1. The van der Waals surface area contributed by atoms with Crippen LogP contribution in [-0.2, 0) is 9.53 Å². The van der Waals surface area contributed by atoms with E-state index in [9.17, 15) is 9.18 Å². The van der Waals surface area contributed by atoms with E-state index in [0.29, 0.717) is 37.4 Å². The van der Waals surface area contributed by atoms with Crippen LogP contribution in [-0.4, -0.2) is 31.4 Å². The highest BCUT2D eigenvalue weighted by atomic mass is 19.1. The van der Waals surface area contributed by atoms with Crippen LogP contribution < -0.4 is 10.5 Å². The van der Waals surface area contributed by atoms with Crippen LogP contribution in [0, 0.1) is 0 Å². The Morgan fingerprint density at radius 1 is 1.35 bits per heavy atom. The number of nitrogens with two attached hydrogens (primary N) is 1. The van der Waals surface area contributed by atoms with E-state index in [2.05, 4.69) is 6.58 Å². The van der Waals surface area contributed by atoms with Gasteiger partial charge < -0.3 is 15.2 Å². The second-order valence-corrected chi connectivity index (χ2v) is 4.92. The molecule has 1 aliphatic rings. The first-order valence-corrected chi connectivity index (χ1v) is 6.49. The van der Waals surface area contributed by atoms with Gasteiger partial charge in [-0.2, -0.15) is 0 Å². The predicted molar refractivity (Wildman–Crippen MR) is 74.1 cm³/mol. The average Bonchev–Trinajstić information content (AvgIpc) is 2.46. The fourth-order valence-electron chi connectivity index (χ4n) is 1.99. The Hall–Kier alpha value is -1.88. The molecule has 1 fully saturated rings. The van der Waals surface area contributed by atoms with Crippen LogP contribution in [0.3, 0.4) is 0 Å². The van der Waals surface area contributed by atoms with Gasteiger partial charge in [0.25, 0.3) is 0 Å². The number of alkyl halides is 1. The molecular weight excluding hydrogens is 261 g/mol. The Bertz CT molecular complexity index is 492. The van der Waals surface area contributed by atoms with Gasteiger partial charge in [-0.15, -0.1) is 0 Å². The number of rotatable bonds is 5. The smallest absolute Gasteiger partial charge is 0.248 e. The number of hydrogen-bond acceptors (Lipinski definition) is 3. The molecule has 1 aromatic carbocycles. The summed E-state index contributed by atoms with van der Waals surface area (Å²) in [6.45, 7) is 4.46. The molecule has 4 nitrogen and oxygen atoms in total. The van der Waals surface area contributed by atoms with Crippen LogP contribution in [0.2, 0.25) is 0 Å². The molecule has 1 heterocycles. The van der Waals surface area contributed by atoms with Gasteiger partial charge in [0.05, 0.1) is 0 Å². The quantitative estimate of drug-likeness (QED) is 0.839. The Labute approximate surface area is 117 Å². The van der Waals surface area contributed by atoms with E-state index < -0.39 is 11.6 Å². The van der Waals surface area contributed by atoms with Crippen LogP contribution in [0.15, 0.2) is 30.8 Å². The first-order valence-electron chi connectivity index (χ1n) is 6.49. The lowest BCUT2D eigenvalue weighted by molar-refractivity contribution is -0.112. The molecule has 0 spiro atoms. The van der Waals surface area contributed by atoms with E-state index in [1.807, 2.05) is 0 Å². The number of hydrogen-bond donors (Lipinski definition) is 1. The summed E-state index contributed by atoms with van der Waals surface area (Å²) in [5, 5.41) is 0. The van der Waals surface area contributed by atoms with Crippen LogP contribution in [0.1, 0.15) is 18.4 Å². The summed E-state index contributed by atoms with van der Waals surface area (Å²) >= 11 is 0. The molecule has 0 aliphatic carbocycles. The van der Waals surface area contributed by atoms with Crippen molar-refractivity contribution in [2.75, 3.05) is 19.8 Å². The maximum Gasteiger partial charge on any atom is 0.248 e. The molecule has 2 rings (SSSR count). The highest BCUT2D eigenvalue weighted by Gasteiger charge is 2.33. The molecule has 1 amide bonds. The highest BCUT2D eigenvalue weighted by Crippen LogP contribution is 2.27.